The lowest BCUT2D eigenvalue weighted by Crippen LogP contribution is -2.43. The van der Waals surface area contributed by atoms with Gasteiger partial charge in [0.2, 0.25) is 11.8 Å². The van der Waals surface area contributed by atoms with Gasteiger partial charge in [0.1, 0.15) is 17.9 Å². The molecule has 2 N–H and O–H groups in total. The Bertz CT molecular complexity index is 829. The van der Waals surface area contributed by atoms with Gasteiger partial charge < -0.3 is 15.5 Å². The van der Waals surface area contributed by atoms with Gasteiger partial charge in [-0.3, -0.25) is 19.3 Å². The van der Waals surface area contributed by atoms with Crippen LogP contribution in [0.5, 0.6) is 0 Å². The molecule has 8 nitrogen and oxygen atoms in total. The zero-order valence-electron chi connectivity index (χ0n) is 17.1. The minimum Gasteiger partial charge on any atom is -0.354 e. The van der Waals surface area contributed by atoms with Crippen molar-refractivity contribution < 1.29 is 23.6 Å². The van der Waals surface area contributed by atoms with E-state index in [9.17, 15) is 23.6 Å². The van der Waals surface area contributed by atoms with E-state index < -0.39 is 35.7 Å². The van der Waals surface area contributed by atoms with Crippen LogP contribution < -0.4 is 10.6 Å². The molecule has 0 radical (unpaired) electrons. The second-order valence-corrected chi connectivity index (χ2v) is 7.85. The van der Waals surface area contributed by atoms with Gasteiger partial charge in [-0.05, 0) is 43.9 Å². The molecule has 1 aromatic rings. The van der Waals surface area contributed by atoms with Gasteiger partial charge in [-0.1, -0.05) is 18.6 Å². The highest BCUT2D eigenvalue weighted by molar-refractivity contribution is 6.09. The Morgan fingerprint density at radius 3 is 2.63 bits per heavy atom. The molecule has 3 rings (SSSR count). The summed E-state index contributed by atoms with van der Waals surface area (Å²) in [6.45, 7) is 2.80. The molecule has 0 spiro atoms. The quantitative estimate of drug-likeness (QED) is 0.518. The average molecular weight is 418 g/mol. The Balaban J connectivity index is 1.49. The number of likely N-dealkylation sites (tertiary alicyclic amines) is 1. The zero-order valence-corrected chi connectivity index (χ0v) is 17.1. The number of benzene rings is 1. The largest absolute Gasteiger partial charge is 0.354 e. The fourth-order valence-electron chi connectivity index (χ4n) is 3.79. The van der Waals surface area contributed by atoms with Gasteiger partial charge in [-0.2, -0.15) is 0 Å². The maximum absolute atomic E-state index is 13.2. The van der Waals surface area contributed by atoms with Crippen LogP contribution >= 0.6 is 0 Å². The molecule has 2 aliphatic heterocycles. The van der Waals surface area contributed by atoms with E-state index in [-0.39, 0.29) is 5.91 Å². The Labute approximate surface area is 174 Å². The van der Waals surface area contributed by atoms with Crippen molar-refractivity contribution in [2.75, 3.05) is 26.2 Å². The van der Waals surface area contributed by atoms with Crippen LogP contribution in [0.2, 0.25) is 0 Å². The summed E-state index contributed by atoms with van der Waals surface area (Å²) in [6.07, 6.45) is 4.16. The molecule has 2 fully saturated rings. The molecule has 2 saturated heterocycles. The molecule has 30 heavy (non-hydrogen) atoms. The van der Waals surface area contributed by atoms with Crippen molar-refractivity contribution in [3.63, 3.8) is 0 Å². The average Bonchev–Trinajstić information content (AvgIpc) is 2.85. The molecule has 5 amide bonds. The Kier molecular flexibility index (Phi) is 6.69. The van der Waals surface area contributed by atoms with Crippen LogP contribution in [0.25, 0.3) is 0 Å². The van der Waals surface area contributed by atoms with E-state index in [1.54, 1.807) is 0 Å². The van der Waals surface area contributed by atoms with Gasteiger partial charge in [0, 0.05) is 26.1 Å². The van der Waals surface area contributed by atoms with Crippen molar-refractivity contribution in [2.45, 2.75) is 44.6 Å². The summed E-state index contributed by atoms with van der Waals surface area (Å²) in [6, 6.07) is 4.62. The van der Waals surface area contributed by atoms with Crippen LogP contribution in [0.1, 0.15) is 44.6 Å². The summed E-state index contributed by atoms with van der Waals surface area (Å²) >= 11 is 0. The maximum atomic E-state index is 13.2. The third kappa shape index (κ3) is 4.77. The van der Waals surface area contributed by atoms with Crippen molar-refractivity contribution >= 4 is 23.8 Å². The van der Waals surface area contributed by atoms with Crippen molar-refractivity contribution in [1.82, 2.24) is 20.4 Å². The summed E-state index contributed by atoms with van der Waals surface area (Å²) in [5, 5.41) is 5.28. The van der Waals surface area contributed by atoms with Gasteiger partial charge in [0.05, 0.1) is 0 Å². The molecule has 0 aliphatic carbocycles. The molecule has 1 aromatic carbocycles. The third-order valence-electron chi connectivity index (χ3n) is 5.60. The van der Waals surface area contributed by atoms with Crippen LogP contribution in [0.4, 0.5) is 9.18 Å². The number of hydrogen-bond acceptors (Lipinski definition) is 4. The first-order valence-corrected chi connectivity index (χ1v) is 10.3. The minimum absolute atomic E-state index is 0.151. The summed E-state index contributed by atoms with van der Waals surface area (Å²) in [5.41, 5.74) is -0.912. The molecule has 0 saturated carbocycles. The molecule has 9 heteroatoms. The number of nitrogens with one attached hydrogen (secondary N) is 2. The maximum Gasteiger partial charge on any atom is 0.325 e. The number of carbonyl (C=O) groups is 4. The summed E-state index contributed by atoms with van der Waals surface area (Å²) in [5.74, 6) is -1.32. The number of carbonyl (C=O) groups excluding carboxylic acids is 4. The third-order valence-corrected chi connectivity index (χ3v) is 5.60. The lowest BCUT2D eigenvalue weighted by Gasteiger charge is -2.22. The topological polar surface area (TPSA) is 98.8 Å². The molecule has 0 bridgehead atoms. The Morgan fingerprint density at radius 2 is 1.90 bits per heavy atom. The number of urea groups is 1. The van der Waals surface area contributed by atoms with E-state index in [1.807, 2.05) is 4.90 Å². The highest BCUT2D eigenvalue weighted by atomic mass is 19.1. The van der Waals surface area contributed by atoms with Crippen molar-refractivity contribution in [1.29, 1.82) is 0 Å². The molecule has 2 heterocycles. The predicted molar refractivity (Wildman–Crippen MR) is 107 cm³/mol. The van der Waals surface area contributed by atoms with E-state index in [0.29, 0.717) is 31.5 Å². The fraction of sp³-hybridized carbons (Fsp3) is 0.524. The molecule has 1 unspecified atom stereocenters. The lowest BCUT2D eigenvalue weighted by atomic mass is 9.92. The number of rotatable bonds is 7. The van der Waals surface area contributed by atoms with Crippen LogP contribution in [0, 0.1) is 5.82 Å². The first-order chi connectivity index (χ1) is 14.3. The van der Waals surface area contributed by atoms with Gasteiger partial charge in [0.15, 0.2) is 0 Å². The lowest BCUT2D eigenvalue weighted by molar-refractivity contribution is -0.134. The Hall–Kier alpha value is -2.97. The van der Waals surface area contributed by atoms with E-state index in [2.05, 4.69) is 10.6 Å². The first-order valence-electron chi connectivity index (χ1n) is 10.3. The van der Waals surface area contributed by atoms with Crippen molar-refractivity contribution in [3.8, 4) is 0 Å². The van der Waals surface area contributed by atoms with Crippen LogP contribution in [0.3, 0.4) is 0 Å². The van der Waals surface area contributed by atoms with Gasteiger partial charge in [-0.25, -0.2) is 9.18 Å². The summed E-state index contributed by atoms with van der Waals surface area (Å²) in [4.78, 5) is 52.0. The van der Waals surface area contributed by atoms with E-state index in [0.717, 1.165) is 30.7 Å². The van der Waals surface area contributed by atoms with E-state index in [4.69, 9.17) is 0 Å². The standard InChI is InChI=1S/C21H27FN4O4/c1-21(15-7-9-16(22)10-8-15)19(29)26(20(30)24-21)14-17(27)23-11-5-13-25-12-4-2-3-6-18(25)28/h7-10H,2-6,11-14H2,1H3,(H,23,27)(H,24,30). The van der Waals surface area contributed by atoms with Gasteiger partial charge in [0.25, 0.3) is 5.91 Å². The van der Waals surface area contributed by atoms with Crippen LogP contribution in [0.15, 0.2) is 24.3 Å². The highest BCUT2D eigenvalue weighted by Crippen LogP contribution is 2.28. The number of halogens is 1. The number of amides is 5. The Morgan fingerprint density at radius 1 is 1.17 bits per heavy atom. The monoisotopic (exact) mass is 418 g/mol. The first kappa shape index (κ1) is 21.7. The second-order valence-electron chi connectivity index (χ2n) is 7.85. The van der Waals surface area contributed by atoms with Gasteiger partial charge >= 0.3 is 6.03 Å². The summed E-state index contributed by atoms with van der Waals surface area (Å²) in [7, 11) is 0. The van der Waals surface area contributed by atoms with Crippen molar-refractivity contribution in [2.24, 2.45) is 0 Å². The molecular weight excluding hydrogens is 391 g/mol. The van der Waals surface area contributed by atoms with Crippen molar-refractivity contribution in [3.05, 3.63) is 35.6 Å². The molecular formula is C21H27FN4O4. The number of imide groups is 1. The molecule has 2 aliphatic rings. The predicted octanol–water partition coefficient (Wildman–Crippen LogP) is 1.50. The normalized spacial score (nSPS) is 22.1. The minimum atomic E-state index is -1.35. The number of nitrogens with zero attached hydrogens (tertiary/aromatic N) is 2. The van der Waals surface area contributed by atoms with E-state index in [1.165, 1.54) is 31.2 Å². The fourth-order valence-corrected chi connectivity index (χ4v) is 3.79. The number of hydrogen-bond donors (Lipinski definition) is 2. The SMILES string of the molecule is CC1(c2ccc(F)cc2)NC(=O)N(CC(=O)NCCCN2CCCCCC2=O)C1=O. The van der Waals surface area contributed by atoms with Crippen LogP contribution in [-0.4, -0.2) is 59.7 Å². The second kappa shape index (κ2) is 9.23. The van der Waals surface area contributed by atoms with Crippen LogP contribution in [-0.2, 0) is 19.9 Å². The molecule has 162 valence electrons. The smallest absolute Gasteiger partial charge is 0.325 e. The molecule has 0 aromatic heterocycles. The zero-order chi connectivity index (χ0) is 21.7. The van der Waals surface area contributed by atoms with Gasteiger partial charge in [-0.15, -0.1) is 0 Å². The molecule has 1 atom stereocenters. The van der Waals surface area contributed by atoms with E-state index >= 15 is 0 Å². The summed E-state index contributed by atoms with van der Waals surface area (Å²) < 4.78 is 13.2. The highest BCUT2D eigenvalue weighted by Gasteiger charge is 2.49.